The van der Waals surface area contributed by atoms with Gasteiger partial charge in [-0.1, -0.05) is 6.07 Å². The minimum absolute atomic E-state index is 0.0330. The maximum Gasteiger partial charge on any atom is 0.141 e. The second-order valence-electron chi connectivity index (χ2n) is 3.82. The average molecular weight is 230 g/mol. The molecule has 1 aromatic rings. The lowest BCUT2D eigenvalue weighted by atomic mass is 9.95. The van der Waals surface area contributed by atoms with Crippen LogP contribution in [-0.2, 0) is 16.5 Å². The van der Waals surface area contributed by atoms with Crippen molar-refractivity contribution in [3.05, 3.63) is 29.6 Å². The van der Waals surface area contributed by atoms with Crippen LogP contribution in [0.15, 0.2) is 23.1 Å². The van der Waals surface area contributed by atoms with Crippen LogP contribution in [0.1, 0.15) is 19.4 Å². The predicted octanol–water partition coefficient (Wildman–Crippen LogP) is 1.26. The number of nitrogens with two attached hydrogens (primary N) is 1. The van der Waals surface area contributed by atoms with E-state index in [0.29, 0.717) is 0 Å². The molecule has 0 aliphatic carbocycles. The van der Waals surface area contributed by atoms with Crippen LogP contribution in [0, 0.1) is 5.82 Å². The van der Waals surface area contributed by atoms with Crippen LogP contribution < -0.4 is 10.5 Å². The lowest BCUT2D eigenvalue weighted by molar-refractivity contribution is 0.440. The van der Waals surface area contributed by atoms with Gasteiger partial charge in [-0.3, -0.25) is 0 Å². The molecule has 15 heavy (non-hydrogen) atoms. The Morgan fingerprint density at radius 3 is 2.47 bits per heavy atom. The third kappa shape index (κ3) is 2.62. The fraction of sp³-hybridized carbons (Fsp3) is 0.400. The van der Waals surface area contributed by atoms with Crippen molar-refractivity contribution in [2.24, 2.45) is 5.14 Å². The molecule has 84 valence electrons. The zero-order valence-electron chi connectivity index (χ0n) is 9.00. The molecule has 0 saturated heterocycles. The number of nitrogens with one attached hydrogen (secondary N) is 1. The van der Waals surface area contributed by atoms with Crippen LogP contribution >= 0.6 is 0 Å². The van der Waals surface area contributed by atoms with E-state index in [0.717, 1.165) is 5.56 Å². The highest BCUT2D eigenvalue weighted by atomic mass is 32.2. The van der Waals surface area contributed by atoms with E-state index in [1.165, 1.54) is 12.1 Å². The lowest BCUT2D eigenvalue weighted by Gasteiger charge is -2.24. The molecule has 0 heterocycles. The van der Waals surface area contributed by atoms with Gasteiger partial charge in [0.2, 0.25) is 0 Å². The lowest BCUT2D eigenvalue weighted by Crippen LogP contribution is -2.33. The number of benzene rings is 1. The average Bonchev–Trinajstić information content (AvgIpc) is 2.17. The summed E-state index contributed by atoms with van der Waals surface area (Å²) in [5.41, 5.74) is 0.465. The largest absolute Gasteiger partial charge is 0.311 e. The van der Waals surface area contributed by atoms with Gasteiger partial charge >= 0.3 is 0 Å². The van der Waals surface area contributed by atoms with Gasteiger partial charge in [0.1, 0.15) is 16.8 Å². The van der Waals surface area contributed by atoms with E-state index < -0.39 is 16.8 Å². The van der Waals surface area contributed by atoms with Crippen molar-refractivity contribution in [1.29, 1.82) is 0 Å². The number of hydrogen-bond donors (Lipinski definition) is 2. The molecule has 0 amide bonds. The summed E-state index contributed by atoms with van der Waals surface area (Å²) in [6.07, 6.45) is 0. The predicted molar refractivity (Wildman–Crippen MR) is 59.1 cm³/mol. The van der Waals surface area contributed by atoms with Crippen LogP contribution in [-0.4, -0.2) is 11.3 Å². The van der Waals surface area contributed by atoms with Crippen LogP contribution in [0.3, 0.4) is 0 Å². The second kappa shape index (κ2) is 4.38. The van der Waals surface area contributed by atoms with Gasteiger partial charge in [-0.2, -0.15) is 0 Å². The van der Waals surface area contributed by atoms with E-state index in [2.05, 4.69) is 5.32 Å². The van der Waals surface area contributed by atoms with Crippen LogP contribution in [0.5, 0.6) is 0 Å². The van der Waals surface area contributed by atoms with Gasteiger partial charge in [0.15, 0.2) is 0 Å². The molecule has 0 saturated carbocycles. The van der Waals surface area contributed by atoms with Crippen LogP contribution in [0.25, 0.3) is 0 Å². The molecule has 3 nitrogen and oxygen atoms in total. The van der Waals surface area contributed by atoms with Crippen molar-refractivity contribution in [3.63, 3.8) is 0 Å². The molecule has 0 radical (unpaired) electrons. The van der Waals surface area contributed by atoms with Crippen molar-refractivity contribution < 1.29 is 8.60 Å². The fourth-order valence-corrected chi connectivity index (χ4v) is 1.65. The van der Waals surface area contributed by atoms with E-state index in [9.17, 15) is 8.60 Å². The Kier molecular flexibility index (Phi) is 3.59. The summed E-state index contributed by atoms with van der Waals surface area (Å²) in [6, 6.07) is 4.54. The molecule has 3 N–H and O–H groups in total. The highest BCUT2D eigenvalue weighted by molar-refractivity contribution is 7.82. The molecule has 1 atom stereocenters. The summed E-state index contributed by atoms with van der Waals surface area (Å²) in [4.78, 5) is 0.0330. The summed E-state index contributed by atoms with van der Waals surface area (Å²) in [7, 11) is 0.0256. The number of rotatable bonds is 3. The standard InChI is InChI=1S/C10H15FN2OS/c1-10(2,13-3)7-4-5-9(15(12)14)8(11)6-7/h4-6,13H,12H2,1-3H3. The quantitative estimate of drug-likeness (QED) is 0.821. The zero-order chi connectivity index (χ0) is 11.6. The summed E-state index contributed by atoms with van der Waals surface area (Å²) in [6.45, 7) is 3.86. The first-order valence-electron chi connectivity index (χ1n) is 4.53. The van der Waals surface area contributed by atoms with Crippen molar-refractivity contribution in [2.75, 3.05) is 7.05 Å². The Morgan fingerprint density at radius 1 is 1.47 bits per heavy atom. The minimum Gasteiger partial charge on any atom is -0.311 e. The van der Waals surface area contributed by atoms with Gasteiger partial charge in [0, 0.05) is 5.54 Å². The molecular weight excluding hydrogens is 215 g/mol. The SMILES string of the molecule is CNC(C)(C)c1ccc(S(N)=O)c(F)c1. The zero-order valence-corrected chi connectivity index (χ0v) is 9.82. The molecule has 1 rings (SSSR count). The van der Waals surface area contributed by atoms with Crippen molar-refractivity contribution in [1.82, 2.24) is 5.32 Å². The van der Waals surface area contributed by atoms with Crippen molar-refractivity contribution >= 4 is 11.0 Å². The number of halogens is 1. The van der Waals surface area contributed by atoms with Crippen molar-refractivity contribution in [3.8, 4) is 0 Å². The van der Waals surface area contributed by atoms with Gasteiger partial charge in [0.05, 0.1) is 4.90 Å². The highest BCUT2D eigenvalue weighted by Gasteiger charge is 2.19. The Morgan fingerprint density at radius 2 is 2.07 bits per heavy atom. The summed E-state index contributed by atoms with van der Waals surface area (Å²) >= 11 is 0. The third-order valence-corrected chi connectivity index (χ3v) is 3.26. The monoisotopic (exact) mass is 230 g/mol. The van der Waals surface area contributed by atoms with E-state index >= 15 is 0 Å². The molecule has 0 fully saturated rings. The normalized spacial score (nSPS) is 13.9. The molecular formula is C10H15FN2OS. The first-order valence-corrected chi connectivity index (χ1v) is 5.75. The maximum atomic E-state index is 13.5. The molecule has 0 aromatic heterocycles. The van der Waals surface area contributed by atoms with E-state index in [1.54, 1.807) is 13.1 Å². The Labute approximate surface area is 91.5 Å². The fourth-order valence-electron chi connectivity index (χ4n) is 1.20. The highest BCUT2D eigenvalue weighted by Crippen LogP contribution is 2.22. The summed E-state index contributed by atoms with van der Waals surface area (Å²) < 4.78 is 24.4. The van der Waals surface area contributed by atoms with Crippen LogP contribution in [0.4, 0.5) is 4.39 Å². The Hall–Kier alpha value is -0.780. The van der Waals surface area contributed by atoms with Gasteiger partial charge in [-0.15, -0.1) is 0 Å². The molecule has 1 aromatic carbocycles. The maximum absolute atomic E-state index is 13.5. The van der Waals surface area contributed by atoms with Gasteiger partial charge in [0.25, 0.3) is 0 Å². The Balaban J connectivity index is 3.18. The third-order valence-electron chi connectivity index (χ3n) is 2.50. The molecule has 0 aliphatic rings. The molecule has 1 unspecified atom stereocenters. The smallest absolute Gasteiger partial charge is 0.141 e. The van der Waals surface area contributed by atoms with E-state index in [-0.39, 0.29) is 10.4 Å². The van der Waals surface area contributed by atoms with E-state index in [1.807, 2.05) is 13.8 Å². The number of hydrogen-bond acceptors (Lipinski definition) is 2. The minimum atomic E-state index is -1.77. The topological polar surface area (TPSA) is 55.1 Å². The summed E-state index contributed by atoms with van der Waals surface area (Å²) in [5, 5.41) is 8.18. The molecule has 0 spiro atoms. The second-order valence-corrected chi connectivity index (χ2v) is 4.85. The molecule has 0 bridgehead atoms. The van der Waals surface area contributed by atoms with Gasteiger partial charge in [-0.05, 0) is 38.6 Å². The van der Waals surface area contributed by atoms with Gasteiger partial charge in [-0.25, -0.2) is 13.7 Å². The van der Waals surface area contributed by atoms with Crippen molar-refractivity contribution in [2.45, 2.75) is 24.3 Å². The molecule has 5 heteroatoms. The van der Waals surface area contributed by atoms with Gasteiger partial charge < -0.3 is 5.32 Å². The molecule has 0 aliphatic heterocycles. The Bertz CT molecular complexity index is 393. The summed E-state index contributed by atoms with van der Waals surface area (Å²) in [5.74, 6) is -0.531. The van der Waals surface area contributed by atoms with Crippen LogP contribution in [0.2, 0.25) is 0 Å². The van der Waals surface area contributed by atoms with E-state index in [4.69, 9.17) is 5.14 Å². The first-order chi connectivity index (χ1) is 6.88. The first kappa shape index (κ1) is 12.3.